The largest absolute Gasteiger partial charge is 0.454 e. The summed E-state index contributed by atoms with van der Waals surface area (Å²) in [5.41, 5.74) is 0.525. The fraction of sp³-hybridized carbons (Fsp3) is 0.444. The van der Waals surface area contributed by atoms with Crippen LogP contribution in [0, 0.1) is 0 Å². The Labute approximate surface area is 146 Å². The maximum absolute atomic E-state index is 12.3. The van der Waals surface area contributed by atoms with Gasteiger partial charge in [0.25, 0.3) is 17.7 Å². The van der Waals surface area contributed by atoms with Crippen LogP contribution in [0.3, 0.4) is 0 Å². The van der Waals surface area contributed by atoms with Crippen LogP contribution in [-0.4, -0.2) is 47.3 Å². The van der Waals surface area contributed by atoms with Gasteiger partial charge < -0.3 is 10.1 Å². The van der Waals surface area contributed by atoms with Crippen LogP contribution in [0.2, 0.25) is 0 Å². The van der Waals surface area contributed by atoms with Gasteiger partial charge in [-0.05, 0) is 32.4 Å². The molecular formula is C18H22N2O5. The average Bonchev–Trinajstić information content (AvgIpc) is 2.84. The summed E-state index contributed by atoms with van der Waals surface area (Å²) in [5.74, 6) is -2.28. The highest BCUT2D eigenvalue weighted by Crippen LogP contribution is 2.24. The quantitative estimate of drug-likeness (QED) is 0.597. The highest BCUT2D eigenvalue weighted by atomic mass is 16.5. The van der Waals surface area contributed by atoms with Crippen LogP contribution in [0.4, 0.5) is 0 Å². The molecule has 0 aromatic heterocycles. The number of nitrogens with zero attached hydrogens (tertiary/aromatic N) is 1. The van der Waals surface area contributed by atoms with Crippen LogP contribution in [-0.2, 0) is 14.3 Å². The monoisotopic (exact) mass is 346 g/mol. The number of esters is 1. The van der Waals surface area contributed by atoms with Crippen molar-refractivity contribution in [2.45, 2.75) is 45.7 Å². The van der Waals surface area contributed by atoms with Gasteiger partial charge in [0.15, 0.2) is 6.61 Å². The Morgan fingerprint density at radius 2 is 1.68 bits per heavy atom. The van der Waals surface area contributed by atoms with E-state index in [4.69, 9.17) is 4.74 Å². The van der Waals surface area contributed by atoms with Gasteiger partial charge in [-0.25, -0.2) is 4.79 Å². The zero-order chi connectivity index (χ0) is 18.6. The summed E-state index contributed by atoms with van der Waals surface area (Å²) in [6.45, 7) is 4.83. The molecule has 25 heavy (non-hydrogen) atoms. The molecule has 0 spiro atoms. The van der Waals surface area contributed by atoms with Crippen molar-refractivity contribution in [3.63, 3.8) is 0 Å². The minimum absolute atomic E-state index is 0.00939. The topological polar surface area (TPSA) is 92.8 Å². The minimum atomic E-state index is -1.10. The maximum atomic E-state index is 12.3. The van der Waals surface area contributed by atoms with E-state index in [2.05, 4.69) is 5.32 Å². The summed E-state index contributed by atoms with van der Waals surface area (Å²) in [6.07, 6.45) is 1.75. The number of amides is 3. The molecule has 7 heteroatoms. The molecular weight excluding hydrogens is 324 g/mol. The molecule has 7 nitrogen and oxygen atoms in total. The summed E-state index contributed by atoms with van der Waals surface area (Å²) >= 11 is 0. The number of benzene rings is 1. The normalized spacial score (nSPS) is 15.6. The van der Waals surface area contributed by atoms with Crippen molar-refractivity contribution in [1.82, 2.24) is 10.2 Å². The van der Waals surface area contributed by atoms with E-state index < -0.39 is 36.3 Å². The molecule has 3 amide bonds. The third-order valence-electron chi connectivity index (χ3n) is 4.03. The lowest BCUT2D eigenvalue weighted by atomic mass is 10.1. The van der Waals surface area contributed by atoms with E-state index in [1.807, 2.05) is 13.8 Å². The van der Waals surface area contributed by atoms with Crippen LogP contribution in [0.25, 0.3) is 0 Å². The Morgan fingerprint density at radius 1 is 1.12 bits per heavy atom. The third kappa shape index (κ3) is 4.04. The minimum Gasteiger partial charge on any atom is -0.454 e. The molecule has 0 aliphatic carbocycles. The van der Waals surface area contributed by atoms with Crippen molar-refractivity contribution < 1.29 is 23.9 Å². The number of fused-ring (bicyclic) bond motifs is 1. The van der Waals surface area contributed by atoms with E-state index in [1.54, 1.807) is 12.1 Å². The molecule has 1 N–H and O–H groups in total. The first-order valence-electron chi connectivity index (χ1n) is 8.29. The highest BCUT2D eigenvalue weighted by Gasteiger charge is 2.41. The number of rotatable bonds is 7. The molecule has 1 aromatic rings. The third-order valence-corrected chi connectivity index (χ3v) is 4.03. The molecule has 0 saturated heterocycles. The Morgan fingerprint density at radius 3 is 2.20 bits per heavy atom. The lowest BCUT2D eigenvalue weighted by Crippen LogP contribution is -2.45. The number of hydrogen-bond acceptors (Lipinski definition) is 5. The predicted molar refractivity (Wildman–Crippen MR) is 89.9 cm³/mol. The van der Waals surface area contributed by atoms with Crippen molar-refractivity contribution in [2.24, 2.45) is 0 Å². The molecule has 1 aliphatic heterocycles. The zero-order valence-electron chi connectivity index (χ0n) is 14.6. The van der Waals surface area contributed by atoms with E-state index in [0.29, 0.717) is 0 Å². The Balaban J connectivity index is 1.94. The Bertz CT molecular complexity index is 665. The molecule has 2 rings (SSSR count). The van der Waals surface area contributed by atoms with Gasteiger partial charge in [0, 0.05) is 6.04 Å². The first-order chi connectivity index (χ1) is 11.9. The van der Waals surface area contributed by atoms with Crippen LogP contribution in [0.5, 0.6) is 0 Å². The van der Waals surface area contributed by atoms with Gasteiger partial charge in [-0.2, -0.15) is 0 Å². The van der Waals surface area contributed by atoms with E-state index in [-0.39, 0.29) is 17.2 Å². The van der Waals surface area contributed by atoms with Gasteiger partial charge >= 0.3 is 5.97 Å². The Kier molecular flexibility index (Phi) is 5.90. The number of carbonyl (C=O) groups is 4. The van der Waals surface area contributed by atoms with Crippen molar-refractivity contribution in [1.29, 1.82) is 0 Å². The van der Waals surface area contributed by atoms with Gasteiger partial charge in [0.05, 0.1) is 11.1 Å². The van der Waals surface area contributed by atoms with Crippen molar-refractivity contribution in [3.8, 4) is 0 Å². The second-order valence-corrected chi connectivity index (χ2v) is 6.07. The van der Waals surface area contributed by atoms with Gasteiger partial charge in [0.1, 0.15) is 6.04 Å². The van der Waals surface area contributed by atoms with Crippen molar-refractivity contribution in [3.05, 3.63) is 35.4 Å². The van der Waals surface area contributed by atoms with Crippen molar-refractivity contribution in [2.75, 3.05) is 6.61 Å². The van der Waals surface area contributed by atoms with Gasteiger partial charge in [0.2, 0.25) is 0 Å². The summed E-state index contributed by atoms with van der Waals surface area (Å²) < 4.78 is 4.96. The second kappa shape index (κ2) is 7.92. The molecule has 0 unspecified atom stereocenters. The summed E-state index contributed by atoms with van der Waals surface area (Å²) in [4.78, 5) is 49.4. The fourth-order valence-electron chi connectivity index (χ4n) is 2.74. The molecule has 0 saturated carbocycles. The standard InChI is InChI=1S/C18H22N2O5/c1-4-7-11(2)19-15(21)10-25-18(24)12(3)20-16(22)13-8-5-6-9-14(13)17(20)23/h5-6,8-9,11-12H,4,7,10H2,1-3H3,(H,19,21)/t11-,12-/m0/s1. The van der Waals surface area contributed by atoms with E-state index in [9.17, 15) is 19.2 Å². The van der Waals surface area contributed by atoms with Gasteiger partial charge in [-0.3, -0.25) is 19.3 Å². The van der Waals surface area contributed by atoms with Crippen molar-refractivity contribution >= 4 is 23.7 Å². The van der Waals surface area contributed by atoms with E-state index >= 15 is 0 Å². The number of carbonyl (C=O) groups excluding carboxylic acids is 4. The lowest BCUT2D eigenvalue weighted by Gasteiger charge is -2.21. The summed E-state index contributed by atoms with van der Waals surface area (Å²) in [5, 5.41) is 2.71. The van der Waals surface area contributed by atoms with E-state index in [1.165, 1.54) is 19.1 Å². The van der Waals surface area contributed by atoms with Gasteiger partial charge in [-0.1, -0.05) is 25.5 Å². The molecule has 1 heterocycles. The molecule has 0 fully saturated rings. The van der Waals surface area contributed by atoms with Crippen LogP contribution in [0.1, 0.15) is 54.3 Å². The smallest absolute Gasteiger partial charge is 0.329 e. The number of hydrogen-bond donors (Lipinski definition) is 1. The first kappa shape index (κ1) is 18.6. The first-order valence-corrected chi connectivity index (χ1v) is 8.29. The zero-order valence-corrected chi connectivity index (χ0v) is 14.6. The highest BCUT2D eigenvalue weighted by molar-refractivity contribution is 6.22. The van der Waals surface area contributed by atoms with Crippen LogP contribution >= 0.6 is 0 Å². The molecule has 1 aliphatic rings. The lowest BCUT2D eigenvalue weighted by molar-refractivity contribution is -0.152. The summed E-state index contributed by atoms with van der Waals surface area (Å²) in [6, 6.07) is 5.27. The number of ether oxygens (including phenoxy) is 1. The van der Waals surface area contributed by atoms with Gasteiger partial charge in [-0.15, -0.1) is 0 Å². The SMILES string of the molecule is CCC[C@H](C)NC(=O)COC(=O)[C@H](C)N1C(=O)c2ccccc2C1=O. The number of imide groups is 1. The molecule has 0 radical (unpaired) electrons. The summed E-state index contributed by atoms with van der Waals surface area (Å²) in [7, 11) is 0. The van der Waals surface area contributed by atoms with Crippen LogP contribution in [0.15, 0.2) is 24.3 Å². The predicted octanol–water partition coefficient (Wildman–Crippen LogP) is 1.52. The van der Waals surface area contributed by atoms with E-state index in [0.717, 1.165) is 17.7 Å². The average molecular weight is 346 g/mol. The molecule has 2 atom stereocenters. The van der Waals surface area contributed by atoms with Crippen LogP contribution < -0.4 is 5.32 Å². The molecule has 0 bridgehead atoms. The molecule has 134 valence electrons. The second-order valence-electron chi connectivity index (χ2n) is 6.07. The Hall–Kier alpha value is -2.70. The number of nitrogens with one attached hydrogen (secondary N) is 1. The maximum Gasteiger partial charge on any atom is 0.329 e. The molecule has 1 aromatic carbocycles. The fourth-order valence-corrected chi connectivity index (χ4v) is 2.74.